The Labute approximate surface area is 174 Å². The van der Waals surface area contributed by atoms with E-state index in [1.165, 1.54) is 30.3 Å². The Balaban J connectivity index is 1.59. The number of ketones is 1. The van der Waals surface area contributed by atoms with Crippen molar-refractivity contribution in [2.75, 3.05) is 4.72 Å². The van der Waals surface area contributed by atoms with E-state index in [2.05, 4.69) is 15.0 Å². The largest absolute Gasteiger partial charge is 0.348 e. The van der Waals surface area contributed by atoms with E-state index in [9.17, 15) is 18.2 Å². The number of nitrogens with zero attached hydrogens (tertiary/aromatic N) is 1. The summed E-state index contributed by atoms with van der Waals surface area (Å²) in [6, 6.07) is 13.8. The van der Waals surface area contributed by atoms with E-state index in [1.807, 2.05) is 6.07 Å². The van der Waals surface area contributed by atoms with Crippen LogP contribution in [0.3, 0.4) is 0 Å². The summed E-state index contributed by atoms with van der Waals surface area (Å²) in [6.07, 6.45) is 4.68. The molecule has 0 aliphatic carbocycles. The number of carbonyl (C=O) groups excluding carboxylic acids is 2. The number of halogens is 1. The average molecular weight is 421 g/mol. The number of aromatic nitrogens is 1. The van der Waals surface area contributed by atoms with Gasteiger partial charge >= 0.3 is 0 Å². The third-order valence-corrected chi connectivity index (χ3v) is 5.58. The summed E-state index contributed by atoms with van der Waals surface area (Å²) in [5, 5.41) is 2.78. The molecule has 0 saturated carbocycles. The molecule has 30 heavy (non-hydrogen) atoms. The van der Waals surface area contributed by atoms with Crippen molar-refractivity contribution in [1.82, 2.24) is 10.3 Å². The number of carbonyl (C=O) groups is 2. The second-order valence-electron chi connectivity index (χ2n) is 6.57. The van der Waals surface area contributed by atoms with Gasteiger partial charge in [0.05, 0.1) is 5.69 Å². The summed E-state index contributed by atoms with van der Waals surface area (Å²) in [5.74, 6) is -1.29. The molecule has 0 radical (unpaired) electrons. The first kappa shape index (κ1) is 19.7. The molecule has 150 valence electrons. The van der Waals surface area contributed by atoms with Gasteiger partial charge in [-0.3, -0.25) is 14.6 Å². The molecule has 2 N–H and O–H groups in total. The molecule has 2 aromatic carbocycles. The van der Waals surface area contributed by atoms with E-state index in [4.69, 9.17) is 0 Å². The van der Waals surface area contributed by atoms with Crippen LogP contribution in [-0.4, -0.2) is 20.9 Å². The molecule has 1 amide bonds. The minimum absolute atomic E-state index is 0.0129. The lowest BCUT2D eigenvalue weighted by atomic mass is 10.0. The number of hydrogen-bond acceptors (Lipinski definition) is 4. The van der Waals surface area contributed by atoms with E-state index in [-0.39, 0.29) is 16.4 Å². The van der Waals surface area contributed by atoms with Gasteiger partial charge in [-0.1, -0.05) is 18.2 Å². The minimum atomic E-state index is -1.79. The summed E-state index contributed by atoms with van der Waals surface area (Å²) in [5.41, 5.74) is 2.16. The molecule has 4 rings (SSSR count). The molecule has 0 fully saturated rings. The summed E-state index contributed by atoms with van der Waals surface area (Å²) in [6.45, 7) is 0.296. The molecule has 1 unspecified atom stereocenters. The highest BCUT2D eigenvalue weighted by Gasteiger charge is 2.28. The van der Waals surface area contributed by atoms with Gasteiger partial charge in [-0.2, -0.15) is 0 Å². The topological polar surface area (TPSA) is 88.2 Å². The monoisotopic (exact) mass is 421 g/mol. The minimum Gasteiger partial charge on any atom is -0.348 e. The smallest absolute Gasteiger partial charge is 0.251 e. The van der Waals surface area contributed by atoms with Gasteiger partial charge in [0.15, 0.2) is 11.0 Å². The highest BCUT2D eigenvalue weighted by atomic mass is 32.2. The van der Waals surface area contributed by atoms with Crippen molar-refractivity contribution in [3.05, 3.63) is 100.0 Å². The Morgan fingerprint density at radius 1 is 1.17 bits per heavy atom. The zero-order valence-electron chi connectivity index (χ0n) is 15.6. The van der Waals surface area contributed by atoms with Gasteiger partial charge in [-0.25, -0.2) is 8.60 Å². The Morgan fingerprint density at radius 3 is 2.80 bits per heavy atom. The summed E-state index contributed by atoms with van der Waals surface area (Å²) in [7, 11) is -1.79. The quantitative estimate of drug-likeness (QED) is 0.632. The van der Waals surface area contributed by atoms with Gasteiger partial charge < -0.3 is 10.0 Å². The SMILES string of the molecule is O=C(NCc1cccnc1)c1ccc2c(c1)C(=O)/C(=C/c1cccc(F)c1)S(=O)N2. The summed E-state index contributed by atoms with van der Waals surface area (Å²) < 4.78 is 28.7. The zero-order valence-corrected chi connectivity index (χ0v) is 16.4. The summed E-state index contributed by atoms with van der Waals surface area (Å²) >= 11 is 0. The van der Waals surface area contributed by atoms with Crippen LogP contribution in [0.15, 0.2) is 71.9 Å². The molecule has 2 heterocycles. The third kappa shape index (κ3) is 4.18. The number of hydrogen-bond donors (Lipinski definition) is 2. The lowest BCUT2D eigenvalue weighted by Gasteiger charge is -2.19. The molecule has 1 atom stereocenters. The van der Waals surface area contributed by atoms with Crippen LogP contribution < -0.4 is 10.0 Å². The van der Waals surface area contributed by atoms with Gasteiger partial charge in [0, 0.05) is 30.1 Å². The van der Waals surface area contributed by atoms with Crippen LogP contribution in [0.2, 0.25) is 0 Å². The molecule has 0 bridgehead atoms. The van der Waals surface area contributed by atoms with Crippen molar-refractivity contribution in [3.63, 3.8) is 0 Å². The lowest BCUT2D eigenvalue weighted by Crippen LogP contribution is -2.25. The number of fused-ring (bicyclic) bond motifs is 1. The highest BCUT2D eigenvalue weighted by molar-refractivity contribution is 7.91. The molecule has 3 aromatic rings. The first-order valence-electron chi connectivity index (χ1n) is 9.03. The van der Waals surface area contributed by atoms with Gasteiger partial charge in [0.1, 0.15) is 10.7 Å². The van der Waals surface area contributed by atoms with Crippen LogP contribution in [-0.2, 0) is 17.5 Å². The fraction of sp³-hybridized carbons (Fsp3) is 0.0455. The van der Waals surface area contributed by atoms with Crippen LogP contribution in [0.4, 0.5) is 10.1 Å². The number of nitrogens with one attached hydrogen (secondary N) is 2. The van der Waals surface area contributed by atoms with Crippen molar-refractivity contribution in [1.29, 1.82) is 0 Å². The molecule has 1 aliphatic rings. The standard InChI is InChI=1S/C22H16FN3O3S/c23-17-5-1-3-14(9-17)10-20-21(27)18-11-16(6-7-19(18)26-30(20)29)22(28)25-13-15-4-2-8-24-12-15/h1-12,26H,13H2,(H,25,28)/b20-10-. The van der Waals surface area contributed by atoms with Gasteiger partial charge in [-0.15, -0.1) is 0 Å². The number of benzene rings is 2. The Kier molecular flexibility index (Phi) is 5.49. The predicted octanol–water partition coefficient (Wildman–Crippen LogP) is 3.46. The maximum absolute atomic E-state index is 13.4. The second-order valence-corrected chi connectivity index (χ2v) is 7.75. The lowest BCUT2D eigenvalue weighted by molar-refractivity contribution is 0.0951. The first-order valence-corrected chi connectivity index (χ1v) is 10.2. The summed E-state index contributed by atoms with van der Waals surface area (Å²) in [4.78, 5) is 29.4. The van der Waals surface area contributed by atoms with Crippen molar-refractivity contribution in [2.45, 2.75) is 6.54 Å². The van der Waals surface area contributed by atoms with E-state index in [0.717, 1.165) is 5.56 Å². The molecular weight excluding hydrogens is 405 g/mol. The Bertz CT molecular complexity index is 1200. The van der Waals surface area contributed by atoms with Crippen LogP contribution in [0.25, 0.3) is 6.08 Å². The maximum Gasteiger partial charge on any atom is 0.251 e. The van der Waals surface area contributed by atoms with Crippen LogP contribution in [0.1, 0.15) is 31.8 Å². The normalized spacial score (nSPS) is 16.6. The van der Waals surface area contributed by atoms with E-state index >= 15 is 0 Å². The van der Waals surface area contributed by atoms with Crippen molar-refractivity contribution >= 4 is 34.4 Å². The number of allylic oxidation sites excluding steroid dienone is 1. The van der Waals surface area contributed by atoms with Gasteiger partial charge in [0.2, 0.25) is 5.78 Å². The molecule has 1 aromatic heterocycles. The number of anilines is 1. The fourth-order valence-corrected chi connectivity index (χ4v) is 4.00. The second kappa shape index (κ2) is 8.38. The molecule has 0 saturated heterocycles. The fourth-order valence-electron chi connectivity index (χ4n) is 2.99. The predicted molar refractivity (Wildman–Crippen MR) is 112 cm³/mol. The molecule has 0 spiro atoms. The molecule has 1 aliphatic heterocycles. The van der Waals surface area contributed by atoms with E-state index < -0.39 is 22.6 Å². The van der Waals surface area contributed by atoms with Crippen LogP contribution in [0, 0.1) is 5.82 Å². The maximum atomic E-state index is 13.4. The van der Waals surface area contributed by atoms with Gasteiger partial charge in [0.25, 0.3) is 5.91 Å². The zero-order chi connectivity index (χ0) is 21.1. The molecular formula is C22H16FN3O3S. The Morgan fingerprint density at radius 2 is 2.03 bits per heavy atom. The number of pyridine rings is 1. The highest BCUT2D eigenvalue weighted by Crippen LogP contribution is 2.29. The Hall–Kier alpha value is -3.65. The van der Waals surface area contributed by atoms with E-state index in [1.54, 1.807) is 36.7 Å². The molecule has 8 heteroatoms. The molecule has 6 nitrogen and oxygen atoms in total. The number of rotatable bonds is 4. The van der Waals surface area contributed by atoms with Crippen molar-refractivity contribution < 1.29 is 18.2 Å². The van der Waals surface area contributed by atoms with Crippen LogP contribution >= 0.6 is 0 Å². The average Bonchev–Trinajstić information content (AvgIpc) is 2.75. The number of Topliss-reactive ketones (excluding diaryl/α,β-unsaturated/α-hetero) is 1. The van der Waals surface area contributed by atoms with Crippen LogP contribution in [0.5, 0.6) is 0 Å². The first-order chi connectivity index (χ1) is 14.5. The third-order valence-electron chi connectivity index (χ3n) is 4.47. The number of amides is 1. The van der Waals surface area contributed by atoms with Crippen molar-refractivity contribution in [2.24, 2.45) is 0 Å². The van der Waals surface area contributed by atoms with Gasteiger partial charge in [-0.05, 0) is 53.6 Å². The van der Waals surface area contributed by atoms with E-state index in [0.29, 0.717) is 23.4 Å². The van der Waals surface area contributed by atoms with Crippen molar-refractivity contribution in [3.8, 4) is 0 Å².